The average molecular weight is 339 g/mol. The van der Waals surface area contributed by atoms with E-state index in [4.69, 9.17) is 23.2 Å². The van der Waals surface area contributed by atoms with E-state index in [9.17, 15) is 4.79 Å². The van der Waals surface area contributed by atoms with Gasteiger partial charge >= 0.3 is 0 Å². The van der Waals surface area contributed by atoms with Crippen molar-refractivity contribution >= 4 is 44.8 Å². The molecular formula is C15H12Cl2N2OS. The lowest BCUT2D eigenvalue weighted by Crippen LogP contribution is -2.10. The summed E-state index contributed by atoms with van der Waals surface area (Å²) in [7, 11) is 0. The Morgan fingerprint density at radius 1 is 1.29 bits per heavy atom. The van der Waals surface area contributed by atoms with Crippen molar-refractivity contribution in [3.05, 3.63) is 49.3 Å². The van der Waals surface area contributed by atoms with Gasteiger partial charge in [-0.3, -0.25) is 4.79 Å². The van der Waals surface area contributed by atoms with Crippen molar-refractivity contribution in [2.24, 2.45) is 0 Å². The lowest BCUT2D eigenvalue weighted by atomic mass is 10.0. The smallest absolute Gasteiger partial charge is 0.260 e. The number of aromatic amines is 1. The molecule has 1 N–H and O–H groups in total. The second-order valence-corrected chi connectivity index (χ2v) is 6.73. The van der Waals surface area contributed by atoms with Crippen LogP contribution in [0.5, 0.6) is 0 Å². The largest absolute Gasteiger partial charge is 0.310 e. The first-order chi connectivity index (χ1) is 10.0. The van der Waals surface area contributed by atoms with Crippen LogP contribution in [0.25, 0.3) is 21.3 Å². The topological polar surface area (TPSA) is 45.8 Å². The van der Waals surface area contributed by atoms with Gasteiger partial charge in [-0.25, -0.2) is 4.98 Å². The Morgan fingerprint density at radius 2 is 2.05 bits per heavy atom. The summed E-state index contributed by atoms with van der Waals surface area (Å²) in [5, 5.41) is 1.59. The molecule has 3 nitrogen and oxygen atoms in total. The summed E-state index contributed by atoms with van der Waals surface area (Å²) in [5.74, 6) is 0.703. The maximum absolute atomic E-state index is 12.4. The normalized spacial score (nSPS) is 11.2. The number of fused-ring (bicyclic) bond motifs is 1. The Morgan fingerprint density at radius 3 is 2.71 bits per heavy atom. The van der Waals surface area contributed by atoms with E-state index in [1.807, 2.05) is 19.9 Å². The van der Waals surface area contributed by atoms with Gasteiger partial charge in [0.1, 0.15) is 10.7 Å². The molecule has 3 rings (SSSR count). The van der Waals surface area contributed by atoms with E-state index in [1.54, 1.807) is 12.1 Å². The number of halogens is 2. The second-order valence-electron chi connectivity index (χ2n) is 4.71. The number of rotatable bonds is 2. The molecule has 0 atom stereocenters. The van der Waals surface area contributed by atoms with Crippen LogP contribution in [0.2, 0.25) is 10.0 Å². The van der Waals surface area contributed by atoms with Crippen molar-refractivity contribution in [2.45, 2.75) is 20.3 Å². The summed E-state index contributed by atoms with van der Waals surface area (Å²) in [6.07, 6.45) is 0.699. The first-order valence-corrected chi connectivity index (χ1v) is 8.06. The molecule has 0 radical (unpaired) electrons. The summed E-state index contributed by atoms with van der Waals surface area (Å²) in [4.78, 5) is 21.5. The fraction of sp³-hybridized carbons (Fsp3) is 0.200. The van der Waals surface area contributed by atoms with Crippen molar-refractivity contribution in [2.75, 3.05) is 0 Å². The Bertz CT molecular complexity index is 899. The van der Waals surface area contributed by atoms with Crippen LogP contribution in [-0.4, -0.2) is 9.97 Å². The lowest BCUT2D eigenvalue weighted by molar-refractivity contribution is 0.948. The Kier molecular flexibility index (Phi) is 3.78. The molecular weight excluding hydrogens is 327 g/mol. The van der Waals surface area contributed by atoms with Crippen LogP contribution in [0.1, 0.15) is 17.6 Å². The number of hydrogen-bond donors (Lipinski definition) is 1. The third-order valence-electron chi connectivity index (χ3n) is 3.33. The molecule has 1 aromatic carbocycles. The summed E-state index contributed by atoms with van der Waals surface area (Å²) in [6, 6.07) is 5.39. The number of aryl methyl sites for hydroxylation is 2. The highest BCUT2D eigenvalue weighted by molar-refractivity contribution is 7.19. The number of benzene rings is 1. The van der Waals surface area contributed by atoms with Crippen LogP contribution in [0.15, 0.2) is 23.0 Å². The zero-order valence-corrected chi connectivity index (χ0v) is 13.8. The zero-order valence-electron chi connectivity index (χ0n) is 11.5. The van der Waals surface area contributed by atoms with E-state index in [2.05, 4.69) is 9.97 Å². The molecule has 21 heavy (non-hydrogen) atoms. The molecule has 0 aliphatic carbocycles. The monoisotopic (exact) mass is 338 g/mol. The van der Waals surface area contributed by atoms with Crippen LogP contribution >= 0.6 is 34.5 Å². The molecule has 0 amide bonds. The van der Waals surface area contributed by atoms with Crippen molar-refractivity contribution in [1.82, 2.24) is 9.97 Å². The number of hydrogen-bond acceptors (Lipinski definition) is 3. The SMILES string of the molecule is CCc1nc2sc(C)c(-c3ccc(Cl)c(Cl)c3)c2c(=O)[nH]1. The molecule has 0 unspecified atom stereocenters. The average Bonchev–Trinajstić information content (AvgIpc) is 2.78. The van der Waals surface area contributed by atoms with E-state index in [1.165, 1.54) is 11.3 Å². The highest BCUT2D eigenvalue weighted by Crippen LogP contribution is 2.37. The van der Waals surface area contributed by atoms with Gasteiger partial charge in [0.15, 0.2) is 0 Å². The summed E-state index contributed by atoms with van der Waals surface area (Å²) >= 11 is 13.6. The predicted octanol–water partition coefficient (Wildman–Crippen LogP) is 4.83. The van der Waals surface area contributed by atoms with Gasteiger partial charge in [-0.1, -0.05) is 36.2 Å². The quantitative estimate of drug-likeness (QED) is 0.727. The van der Waals surface area contributed by atoms with Gasteiger partial charge in [0, 0.05) is 16.9 Å². The number of nitrogens with one attached hydrogen (secondary N) is 1. The third-order valence-corrected chi connectivity index (χ3v) is 5.07. The molecule has 2 aromatic heterocycles. The fourth-order valence-electron chi connectivity index (χ4n) is 2.33. The highest BCUT2D eigenvalue weighted by atomic mass is 35.5. The summed E-state index contributed by atoms with van der Waals surface area (Å²) in [6.45, 7) is 3.94. The van der Waals surface area contributed by atoms with Crippen LogP contribution in [0, 0.1) is 6.92 Å². The molecule has 0 aliphatic heterocycles. The molecule has 0 aliphatic rings. The van der Waals surface area contributed by atoms with Crippen LogP contribution in [0.3, 0.4) is 0 Å². The summed E-state index contributed by atoms with van der Waals surface area (Å²) in [5.41, 5.74) is 1.65. The maximum atomic E-state index is 12.4. The first kappa shape index (κ1) is 14.6. The zero-order chi connectivity index (χ0) is 15.1. The minimum Gasteiger partial charge on any atom is -0.310 e. The van der Waals surface area contributed by atoms with E-state index in [-0.39, 0.29) is 5.56 Å². The molecule has 6 heteroatoms. The van der Waals surface area contributed by atoms with Gasteiger partial charge in [-0.15, -0.1) is 11.3 Å². The van der Waals surface area contributed by atoms with Gasteiger partial charge in [0.25, 0.3) is 5.56 Å². The lowest BCUT2D eigenvalue weighted by Gasteiger charge is -2.04. The molecule has 0 bridgehead atoms. The number of thiophene rings is 1. The van der Waals surface area contributed by atoms with E-state index < -0.39 is 0 Å². The van der Waals surface area contributed by atoms with Crippen LogP contribution < -0.4 is 5.56 Å². The maximum Gasteiger partial charge on any atom is 0.260 e. The van der Waals surface area contributed by atoms with Crippen molar-refractivity contribution in [3.8, 4) is 11.1 Å². The fourth-order valence-corrected chi connectivity index (χ4v) is 3.69. The van der Waals surface area contributed by atoms with Gasteiger partial charge in [-0.2, -0.15) is 0 Å². The second kappa shape index (κ2) is 5.44. The standard InChI is InChI=1S/C15H12Cl2N2OS/c1-3-11-18-14(20)13-12(7(2)21-15(13)19-11)8-4-5-9(16)10(17)6-8/h4-6H,3H2,1-2H3,(H,18,19,20). The number of nitrogens with zero attached hydrogens (tertiary/aromatic N) is 1. The minimum atomic E-state index is -0.109. The van der Waals surface area contributed by atoms with Gasteiger partial charge < -0.3 is 4.98 Å². The van der Waals surface area contributed by atoms with Crippen LogP contribution in [0.4, 0.5) is 0 Å². The molecule has 0 saturated carbocycles. The Labute approximate surface area is 135 Å². The highest BCUT2D eigenvalue weighted by Gasteiger charge is 2.17. The van der Waals surface area contributed by atoms with Gasteiger partial charge in [0.05, 0.1) is 15.4 Å². The first-order valence-electron chi connectivity index (χ1n) is 6.49. The van der Waals surface area contributed by atoms with E-state index in [0.717, 1.165) is 20.8 Å². The van der Waals surface area contributed by atoms with E-state index >= 15 is 0 Å². The molecule has 0 spiro atoms. The summed E-state index contributed by atoms with van der Waals surface area (Å²) < 4.78 is 0. The van der Waals surface area contributed by atoms with Crippen molar-refractivity contribution in [3.63, 3.8) is 0 Å². The van der Waals surface area contributed by atoms with Gasteiger partial charge in [0.2, 0.25) is 0 Å². The molecule has 3 aromatic rings. The minimum absolute atomic E-state index is 0.109. The molecule has 0 saturated heterocycles. The Hall–Kier alpha value is -1.36. The van der Waals surface area contributed by atoms with Gasteiger partial charge in [-0.05, 0) is 24.6 Å². The molecule has 2 heterocycles. The number of H-pyrrole nitrogens is 1. The molecule has 108 valence electrons. The third kappa shape index (κ3) is 2.48. The van der Waals surface area contributed by atoms with Crippen molar-refractivity contribution < 1.29 is 0 Å². The molecule has 0 fully saturated rings. The van der Waals surface area contributed by atoms with E-state index in [0.29, 0.717) is 27.7 Å². The number of aromatic nitrogens is 2. The predicted molar refractivity (Wildman–Crippen MR) is 89.8 cm³/mol. The van der Waals surface area contributed by atoms with Crippen LogP contribution in [-0.2, 0) is 6.42 Å². The Balaban J connectivity index is 2.34. The van der Waals surface area contributed by atoms with Crippen molar-refractivity contribution in [1.29, 1.82) is 0 Å².